The number of urea groups is 1. The Balaban J connectivity index is 1.72. The van der Waals surface area contributed by atoms with Crippen LogP contribution < -0.4 is 14.8 Å². The van der Waals surface area contributed by atoms with E-state index >= 15 is 0 Å². The molecule has 3 aromatic carbocycles. The summed E-state index contributed by atoms with van der Waals surface area (Å²) in [5.41, 5.74) is 1.75. The molecule has 0 atom stereocenters. The number of imide groups is 1. The van der Waals surface area contributed by atoms with E-state index < -0.39 is 6.03 Å². The second-order valence-corrected chi connectivity index (χ2v) is 7.69. The summed E-state index contributed by atoms with van der Waals surface area (Å²) in [6.45, 7) is 0.190. The smallest absolute Gasteiger partial charge is 0.329 e. The molecule has 152 valence electrons. The molecule has 1 aliphatic rings. The monoisotopic (exact) mass is 466 g/mol. The molecule has 1 N–H and O–H groups in total. The van der Waals surface area contributed by atoms with Crippen molar-refractivity contribution >= 4 is 44.7 Å². The van der Waals surface area contributed by atoms with E-state index in [4.69, 9.17) is 9.47 Å². The molecular formula is C23H19BrN2O4. The Morgan fingerprint density at radius 1 is 1.00 bits per heavy atom. The summed E-state index contributed by atoms with van der Waals surface area (Å²) in [6.07, 6.45) is 1.66. The highest BCUT2D eigenvalue weighted by Crippen LogP contribution is 2.33. The van der Waals surface area contributed by atoms with Crippen molar-refractivity contribution in [3.05, 3.63) is 75.9 Å². The standard InChI is InChI=1S/C23H19BrN2O4/c1-29-17-9-5-15-6-10-21(30-2)19(18(15)11-17)12-20-22(27)26(23(28)25-20)13-14-3-7-16(24)8-4-14/h3-12H,13H2,1-2H3,(H,25,28). The van der Waals surface area contributed by atoms with Gasteiger partial charge in [0.1, 0.15) is 17.2 Å². The number of rotatable bonds is 5. The van der Waals surface area contributed by atoms with Gasteiger partial charge < -0.3 is 14.8 Å². The maximum Gasteiger partial charge on any atom is 0.329 e. The van der Waals surface area contributed by atoms with Crippen LogP contribution in [0.5, 0.6) is 11.5 Å². The number of amides is 3. The molecule has 0 aliphatic carbocycles. The van der Waals surface area contributed by atoms with Gasteiger partial charge in [-0.2, -0.15) is 0 Å². The van der Waals surface area contributed by atoms with Crippen molar-refractivity contribution < 1.29 is 19.1 Å². The van der Waals surface area contributed by atoms with Crippen LogP contribution in [0.25, 0.3) is 16.8 Å². The zero-order valence-electron chi connectivity index (χ0n) is 16.4. The Morgan fingerprint density at radius 2 is 1.73 bits per heavy atom. The molecule has 3 amide bonds. The highest BCUT2D eigenvalue weighted by Gasteiger charge is 2.33. The summed E-state index contributed by atoms with van der Waals surface area (Å²) in [5.74, 6) is 0.899. The summed E-state index contributed by atoms with van der Waals surface area (Å²) < 4.78 is 11.8. The Morgan fingerprint density at radius 3 is 2.43 bits per heavy atom. The molecule has 1 aliphatic heterocycles. The highest BCUT2D eigenvalue weighted by atomic mass is 79.9. The van der Waals surface area contributed by atoms with Gasteiger partial charge in [-0.05, 0) is 52.7 Å². The van der Waals surface area contributed by atoms with Gasteiger partial charge in [-0.15, -0.1) is 0 Å². The number of hydrogen-bond acceptors (Lipinski definition) is 4. The number of fused-ring (bicyclic) bond motifs is 1. The van der Waals surface area contributed by atoms with E-state index in [0.29, 0.717) is 17.1 Å². The fraction of sp³-hybridized carbons (Fsp3) is 0.130. The third-order valence-electron chi connectivity index (χ3n) is 4.96. The number of methoxy groups -OCH3 is 2. The van der Waals surface area contributed by atoms with Crippen molar-refractivity contribution in [1.29, 1.82) is 0 Å². The van der Waals surface area contributed by atoms with Gasteiger partial charge in [0.05, 0.1) is 20.8 Å². The topological polar surface area (TPSA) is 67.9 Å². The van der Waals surface area contributed by atoms with E-state index in [0.717, 1.165) is 20.8 Å². The number of halogens is 1. The molecule has 0 spiro atoms. The maximum absolute atomic E-state index is 12.9. The van der Waals surface area contributed by atoms with E-state index in [-0.39, 0.29) is 18.1 Å². The number of carbonyl (C=O) groups excluding carboxylic acids is 2. The molecule has 3 aromatic rings. The van der Waals surface area contributed by atoms with Crippen LogP contribution in [0, 0.1) is 0 Å². The van der Waals surface area contributed by atoms with E-state index in [2.05, 4.69) is 21.2 Å². The number of benzene rings is 3. The lowest BCUT2D eigenvalue weighted by atomic mass is 10.0. The molecule has 30 heavy (non-hydrogen) atoms. The van der Waals surface area contributed by atoms with Crippen LogP contribution in [-0.4, -0.2) is 31.1 Å². The minimum absolute atomic E-state index is 0.190. The molecule has 0 aromatic heterocycles. The van der Waals surface area contributed by atoms with Gasteiger partial charge in [0.2, 0.25) is 0 Å². The fourth-order valence-corrected chi connectivity index (χ4v) is 3.65. The van der Waals surface area contributed by atoms with Crippen molar-refractivity contribution in [1.82, 2.24) is 10.2 Å². The normalized spacial score (nSPS) is 15.0. The zero-order valence-corrected chi connectivity index (χ0v) is 18.0. The summed E-state index contributed by atoms with van der Waals surface area (Å²) in [4.78, 5) is 26.6. The number of nitrogens with one attached hydrogen (secondary N) is 1. The first-order valence-electron chi connectivity index (χ1n) is 9.24. The predicted molar refractivity (Wildman–Crippen MR) is 118 cm³/mol. The van der Waals surface area contributed by atoms with Gasteiger partial charge in [-0.25, -0.2) is 4.79 Å². The lowest BCUT2D eigenvalue weighted by molar-refractivity contribution is -0.123. The van der Waals surface area contributed by atoms with Crippen LogP contribution in [-0.2, 0) is 11.3 Å². The van der Waals surface area contributed by atoms with Crippen LogP contribution >= 0.6 is 15.9 Å². The molecule has 1 fully saturated rings. The average molecular weight is 467 g/mol. The highest BCUT2D eigenvalue weighted by molar-refractivity contribution is 9.10. The molecule has 0 bridgehead atoms. The lowest BCUT2D eigenvalue weighted by Crippen LogP contribution is -2.30. The number of ether oxygens (including phenoxy) is 2. The van der Waals surface area contributed by atoms with Gasteiger partial charge in [-0.3, -0.25) is 9.69 Å². The third-order valence-corrected chi connectivity index (χ3v) is 5.48. The second-order valence-electron chi connectivity index (χ2n) is 6.77. The Bertz CT molecular complexity index is 1170. The van der Waals surface area contributed by atoms with Crippen LogP contribution in [0.15, 0.2) is 64.8 Å². The molecule has 0 saturated carbocycles. The van der Waals surface area contributed by atoms with Crippen LogP contribution in [0.4, 0.5) is 4.79 Å². The number of carbonyl (C=O) groups is 2. The Labute approximate surface area is 182 Å². The fourth-order valence-electron chi connectivity index (χ4n) is 3.39. The summed E-state index contributed by atoms with van der Waals surface area (Å²) in [6, 6.07) is 16.5. The predicted octanol–water partition coefficient (Wildman–Crippen LogP) is 4.71. The first-order chi connectivity index (χ1) is 14.5. The Hall–Kier alpha value is -3.32. The third kappa shape index (κ3) is 3.76. The SMILES string of the molecule is COc1ccc2ccc(OC)c(C=C3NC(=O)N(Cc4ccc(Br)cc4)C3=O)c2c1. The van der Waals surface area contributed by atoms with E-state index in [1.165, 1.54) is 4.90 Å². The lowest BCUT2D eigenvalue weighted by Gasteiger charge is -2.12. The summed E-state index contributed by atoms with van der Waals surface area (Å²) in [5, 5.41) is 4.50. The molecule has 6 nitrogen and oxygen atoms in total. The Kier molecular flexibility index (Phi) is 5.46. The summed E-state index contributed by atoms with van der Waals surface area (Å²) in [7, 11) is 3.17. The molecule has 1 heterocycles. The van der Waals surface area contributed by atoms with Crippen molar-refractivity contribution in [3.63, 3.8) is 0 Å². The minimum atomic E-state index is -0.453. The average Bonchev–Trinajstić information content (AvgIpc) is 3.02. The number of nitrogens with zero attached hydrogens (tertiary/aromatic N) is 1. The van der Waals surface area contributed by atoms with Gasteiger partial charge in [0, 0.05) is 10.0 Å². The zero-order chi connectivity index (χ0) is 21.3. The molecule has 7 heteroatoms. The van der Waals surface area contributed by atoms with Crippen molar-refractivity contribution in [2.24, 2.45) is 0 Å². The van der Waals surface area contributed by atoms with Crippen molar-refractivity contribution in [2.45, 2.75) is 6.54 Å². The largest absolute Gasteiger partial charge is 0.497 e. The van der Waals surface area contributed by atoms with E-state index in [1.54, 1.807) is 20.3 Å². The van der Waals surface area contributed by atoms with Gasteiger partial charge in [0.15, 0.2) is 0 Å². The molecule has 0 radical (unpaired) electrons. The van der Waals surface area contributed by atoms with Crippen molar-refractivity contribution in [2.75, 3.05) is 14.2 Å². The number of hydrogen-bond donors (Lipinski definition) is 1. The second kappa shape index (κ2) is 8.20. The van der Waals surface area contributed by atoms with Crippen LogP contribution in [0.2, 0.25) is 0 Å². The first-order valence-corrected chi connectivity index (χ1v) is 10.0. The van der Waals surface area contributed by atoms with Gasteiger partial charge >= 0.3 is 6.03 Å². The molecule has 1 saturated heterocycles. The summed E-state index contributed by atoms with van der Waals surface area (Å²) >= 11 is 3.38. The van der Waals surface area contributed by atoms with Crippen molar-refractivity contribution in [3.8, 4) is 11.5 Å². The minimum Gasteiger partial charge on any atom is -0.497 e. The van der Waals surface area contributed by atoms with Gasteiger partial charge in [-0.1, -0.05) is 40.2 Å². The van der Waals surface area contributed by atoms with E-state index in [9.17, 15) is 9.59 Å². The maximum atomic E-state index is 12.9. The first kappa shape index (κ1) is 20.0. The molecule has 0 unspecified atom stereocenters. The van der Waals surface area contributed by atoms with Crippen LogP contribution in [0.3, 0.4) is 0 Å². The molecular weight excluding hydrogens is 448 g/mol. The quantitative estimate of drug-likeness (QED) is 0.436. The van der Waals surface area contributed by atoms with E-state index in [1.807, 2.05) is 54.6 Å². The van der Waals surface area contributed by atoms with Crippen LogP contribution in [0.1, 0.15) is 11.1 Å². The van der Waals surface area contributed by atoms with Gasteiger partial charge in [0.25, 0.3) is 5.91 Å². The molecule has 4 rings (SSSR count).